The van der Waals surface area contributed by atoms with Gasteiger partial charge in [-0.3, -0.25) is 9.36 Å². The SMILES string of the molecule is Cc1ccc(C)c(-n2c(SCC(=O)N(c3ccccc3)C(C)C)nnc2-c2ccccc2Cl)c1. The van der Waals surface area contributed by atoms with E-state index < -0.39 is 0 Å². The molecule has 0 atom stereocenters. The van der Waals surface area contributed by atoms with E-state index in [9.17, 15) is 4.79 Å². The van der Waals surface area contributed by atoms with Crippen molar-refractivity contribution in [2.45, 2.75) is 38.9 Å². The highest BCUT2D eigenvalue weighted by atomic mass is 35.5. The highest BCUT2D eigenvalue weighted by Gasteiger charge is 2.23. The number of rotatable bonds is 7. The van der Waals surface area contributed by atoms with Crippen molar-refractivity contribution in [3.63, 3.8) is 0 Å². The van der Waals surface area contributed by atoms with E-state index in [0.29, 0.717) is 16.0 Å². The number of benzene rings is 3. The third-order valence-corrected chi connectivity index (χ3v) is 6.74. The lowest BCUT2D eigenvalue weighted by Crippen LogP contribution is -2.38. The molecule has 34 heavy (non-hydrogen) atoms. The van der Waals surface area contributed by atoms with E-state index in [2.05, 4.69) is 42.2 Å². The molecule has 0 saturated carbocycles. The molecule has 0 unspecified atom stereocenters. The van der Waals surface area contributed by atoms with Crippen LogP contribution in [0.5, 0.6) is 0 Å². The minimum absolute atomic E-state index is 0.0148. The molecule has 4 aromatic rings. The van der Waals surface area contributed by atoms with E-state index in [0.717, 1.165) is 28.1 Å². The first-order valence-corrected chi connectivity index (χ1v) is 12.5. The molecule has 0 aliphatic heterocycles. The molecule has 0 N–H and O–H groups in total. The summed E-state index contributed by atoms with van der Waals surface area (Å²) in [6.45, 7) is 8.15. The molecule has 0 saturated heterocycles. The zero-order chi connectivity index (χ0) is 24.2. The van der Waals surface area contributed by atoms with E-state index in [1.807, 2.05) is 77.9 Å². The Bertz CT molecular complexity index is 1300. The summed E-state index contributed by atoms with van der Waals surface area (Å²) in [6.07, 6.45) is 0. The van der Waals surface area contributed by atoms with Gasteiger partial charge in [0, 0.05) is 17.3 Å². The molecule has 1 aromatic heterocycles. The van der Waals surface area contributed by atoms with E-state index in [4.69, 9.17) is 11.6 Å². The second kappa shape index (κ2) is 10.5. The Kier molecular flexibility index (Phi) is 7.39. The van der Waals surface area contributed by atoms with Crippen LogP contribution in [0, 0.1) is 13.8 Å². The van der Waals surface area contributed by atoms with Crippen molar-refractivity contribution in [1.82, 2.24) is 14.8 Å². The van der Waals surface area contributed by atoms with Gasteiger partial charge in [-0.15, -0.1) is 10.2 Å². The maximum atomic E-state index is 13.3. The maximum absolute atomic E-state index is 13.3. The van der Waals surface area contributed by atoms with E-state index in [1.54, 1.807) is 0 Å². The third kappa shape index (κ3) is 5.03. The second-order valence-electron chi connectivity index (χ2n) is 8.39. The van der Waals surface area contributed by atoms with Gasteiger partial charge in [-0.25, -0.2) is 0 Å². The summed E-state index contributed by atoms with van der Waals surface area (Å²) >= 11 is 7.90. The smallest absolute Gasteiger partial charge is 0.237 e. The summed E-state index contributed by atoms with van der Waals surface area (Å²) in [6, 6.07) is 23.6. The number of hydrogen-bond donors (Lipinski definition) is 0. The average Bonchev–Trinajstić information content (AvgIpc) is 3.23. The first-order chi connectivity index (χ1) is 16.4. The molecule has 0 radical (unpaired) electrons. The van der Waals surface area contributed by atoms with Crippen molar-refractivity contribution in [3.8, 4) is 17.1 Å². The van der Waals surface area contributed by atoms with Crippen LogP contribution in [0.4, 0.5) is 5.69 Å². The van der Waals surface area contributed by atoms with Crippen LogP contribution in [-0.2, 0) is 4.79 Å². The monoisotopic (exact) mass is 490 g/mol. The number of aromatic nitrogens is 3. The lowest BCUT2D eigenvalue weighted by Gasteiger charge is -2.26. The van der Waals surface area contributed by atoms with Crippen LogP contribution in [0.2, 0.25) is 5.02 Å². The largest absolute Gasteiger partial charge is 0.309 e. The predicted molar refractivity (Wildman–Crippen MR) is 141 cm³/mol. The Morgan fingerprint density at radius 3 is 2.41 bits per heavy atom. The fourth-order valence-electron chi connectivity index (χ4n) is 3.87. The second-order valence-corrected chi connectivity index (χ2v) is 9.74. The Morgan fingerprint density at radius 1 is 1.00 bits per heavy atom. The van der Waals surface area contributed by atoms with E-state index >= 15 is 0 Å². The molecule has 7 heteroatoms. The number of carbonyl (C=O) groups excluding carboxylic acids is 1. The molecule has 4 rings (SSSR count). The fraction of sp³-hybridized carbons (Fsp3) is 0.222. The normalized spacial score (nSPS) is 11.1. The topological polar surface area (TPSA) is 51.0 Å². The molecule has 0 aliphatic carbocycles. The molecule has 5 nitrogen and oxygen atoms in total. The van der Waals surface area contributed by atoms with Crippen molar-refractivity contribution in [1.29, 1.82) is 0 Å². The van der Waals surface area contributed by atoms with Crippen LogP contribution in [-0.4, -0.2) is 32.5 Å². The molecule has 0 bridgehead atoms. The van der Waals surface area contributed by atoms with Gasteiger partial charge in [-0.2, -0.15) is 0 Å². The number of anilines is 1. The van der Waals surface area contributed by atoms with Gasteiger partial charge in [0.15, 0.2) is 11.0 Å². The van der Waals surface area contributed by atoms with Crippen LogP contribution in [0.1, 0.15) is 25.0 Å². The van der Waals surface area contributed by atoms with E-state index in [-0.39, 0.29) is 17.7 Å². The summed E-state index contributed by atoms with van der Waals surface area (Å²) in [5.41, 5.74) is 4.86. The molecule has 1 amide bonds. The molecule has 0 spiro atoms. The molecule has 174 valence electrons. The molecular formula is C27H27ClN4OS. The van der Waals surface area contributed by atoms with Gasteiger partial charge in [-0.1, -0.05) is 65.8 Å². The molecular weight excluding hydrogens is 464 g/mol. The molecule has 3 aromatic carbocycles. The van der Waals surface area contributed by atoms with Crippen LogP contribution in [0.15, 0.2) is 78.0 Å². The van der Waals surface area contributed by atoms with Gasteiger partial charge >= 0.3 is 0 Å². The van der Waals surface area contributed by atoms with Crippen molar-refractivity contribution in [2.24, 2.45) is 0 Å². The maximum Gasteiger partial charge on any atom is 0.237 e. The van der Waals surface area contributed by atoms with Crippen LogP contribution >= 0.6 is 23.4 Å². The van der Waals surface area contributed by atoms with Gasteiger partial charge in [0.2, 0.25) is 5.91 Å². The van der Waals surface area contributed by atoms with Crippen LogP contribution in [0.3, 0.4) is 0 Å². The standard InChI is InChI=1S/C27H27ClN4OS/c1-18(2)31(21-10-6-5-7-11-21)25(33)17-34-27-30-29-26(22-12-8-9-13-23(22)28)32(27)24-16-19(3)14-15-20(24)4/h5-16,18H,17H2,1-4H3. The van der Waals surface area contributed by atoms with Gasteiger partial charge in [0.25, 0.3) is 0 Å². The number of halogens is 1. The fourth-order valence-corrected chi connectivity index (χ4v) is 4.90. The molecule has 0 fully saturated rings. The van der Waals surface area contributed by atoms with Crippen LogP contribution < -0.4 is 4.90 Å². The number of hydrogen-bond acceptors (Lipinski definition) is 4. The lowest BCUT2D eigenvalue weighted by molar-refractivity contribution is -0.116. The summed E-state index contributed by atoms with van der Waals surface area (Å²) in [5, 5.41) is 10.2. The highest BCUT2D eigenvalue weighted by molar-refractivity contribution is 7.99. The Balaban J connectivity index is 1.72. The Hall–Kier alpha value is -3.09. The van der Waals surface area contributed by atoms with Gasteiger partial charge in [0.1, 0.15) is 0 Å². The van der Waals surface area contributed by atoms with E-state index in [1.165, 1.54) is 11.8 Å². The summed E-state index contributed by atoms with van der Waals surface area (Å²) < 4.78 is 2.00. The number of para-hydroxylation sites is 1. The number of aryl methyl sites for hydroxylation is 2. The molecule has 1 heterocycles. The highest BCUT2D eigenvalue weighted by Crippen LogP contribution is 2.33. The number of carbonyl (C=O) groups is 1. The summed E-state index contributed by atoms with van der Waals surface area (Å²) in [5.74, 6) is 0.900. The molecule has 0 aliphatic rings. The summed E-state index contributed by atoms with van der Waals surface area (Å²) in [7, 11) is 0. The van der Waals surface area contributed by atoms with Crippen molar-refractivity contribution < 1.29 is 4.79 Å². The van der Waals surface area contributed by atoms with Crippen molar-refractivity contribution >= 4 is 35.0 Å². The Labute approximate surface area is 209 Å². The first kappa shape index (κ1) is 24.0. The summed E-state index contributed by atoms with van der Waals surface area (Å²) in [4.78, 5) is 15.1. The van der Waals surface area contributed by atoms with Crippen LogP contribution in [0.25, 0.3) is 17.1 Å². The zero-order valence-corrected chi connectivity index (χ0v) is 21.3. The zero-order valence-electron chi connectivity index (χ0n) is 19.7. The van der Waals surface area contributed by atoms with Crippen molar-refractivity contribution in [2.75, 3.05) is 10.7 Å². The Morgan fingerprint density at radius 2 is 1.71 bits per heavy atom. The van der Waals surface area contributed by atoms with Gasteiger partial charge < -0.3 is 4.90 Å². The predicted octanol–water partition coefficient (Wildman–Crippen LogP) is 6.74. The van der Waals surface area contributed by atoms with Gasteiger partial charge in [0.05, 0.1) is 16.5 Å². The number of nitrogens with zero attached hydrogens (tertiary/aromatic N) is 4. The minimum atomic E-state index is 0.0148. The van der Waals surface area contributed by atoms with Gasteiger partial charge in [-0.05, 0) is 69.2 Å². The first-order valence-electron chi connectivity index (χ1n) is 11.1. The lowest BCUT2D eigenvalue weighted by atomic mass is 10.1. The quantitative estimate of drug-likeness (QED) is 0.269. The average molecular weight is 491 g/mol. The van der Waals surface area contributed by atoms with Crippen molar-refractivity contribution in [3.05, 3.63) is 88.9 Å². The number of thioether (sulfide) groups is 1. The number of amides is 1. The minimum Gasteiger partial charge on any atom is -0.309 e. The third-order valence-electron chi connectivity index (χ3n) is 5.50.